The lowest BCUT2D eigenvalue weighted by atomic mass is 9.92. The predicted molar refractivity (Wildman–Crippen MR) is 70.9 cm³/mol. The molecule has 0 radical (unpaired) electrons. The molecule has 3 heteroatoms. The van der Waals surface area contributed by atoms with E-state index in [4.69, 9.17) is 5.73 Å². The van der Waals surface area contributed by atoms with Crippen molar-refractivity contribution in [1.29, 1.82) is 0 Å². The summed E-state index contributed by atoms with van der Waals surface area (Å²) in [6, 6.07) is 10.3. The highest BCUT2D eigenvalue weighted by atomic mass is 15.1. The van der Waals surface area contributed by atoms with Crippen LogP contribution < -0.4 is 5.73 Å². The summed E-state index contributed by atoms with van der Waals surface area (Å²) in [6.07, 6.45) is 1.82. The van der Waals surface area contributed by atoms with Crippen LogP contribution in [0.1, 0.15) is 32.0 Å². The van der Waals surface area contributed by atoms with Gasteiger partial charge in [0.1, 0.15) is 5.82 Å². The smallest absolute Gasteiger partial charge is 0.127 e. The Morgan fingerprint density at radius 1 is 1.18 bits per heavy atom. The minimum absolute atomic E-state index is 0.00792. The highest BCUT2D eigenvalue weighted by Crippen LogP contribution is 2.26. The summed E-state index contributed by atoms with van der Waals surface area (Å²) < 4.78 is 2.00. The lowest BCUT2D eigenvalue weighted by Crippen LogP contribution is -2.15. The van der Waals surface area contributed by atoms with Crippen LogP contribution in [0.3, 0.4) is 0 Å². The first-order valence-electron chi connectivity index (χ1n) is 5.83. The third kappa shape index (κ3) is 2.49. The molecule has 3 nitrogen and oxygen atoms in total. The van der Waals surface area contributed by atoms with Gasteiger partial charge in [-0.3, -0.25) is 0 Å². The van der Waals surface area contributed by atoms with E-state index >= 15 is 0 Å². The van der Waals surface area contributed by atoms with E-state index in [0.29, 0.717) is 0 Å². The molecule has 90 valence electrons. The number of imidazole rings is 1. The summed E-state index contributed by atoms with van der Waals surface area (Å²) in [5.74, 6) is 0.765. The molecule has 2 rings (SSSR count). The van der Waals surface area contributed by atoms with Gasteiger partial charge in [0.05, 0.1) is 18.6 Å². The quantitative estimate of drug-likeness (QED) is 0.860. The maximum atomic E-state index is 6.14. The lowest BCUT2D eigenvalue weighted by molar-refractivity contribution is 0.574. The maximum Gasteiger partial charge on any atom is 0.127 e. The summed E-state index contributed by atoms with van der Waals surface area (Å²) in [5.41, 5.74) is 8.33. The van der Waals surface area contributed by atoms with Crippen molar-refractivity contribution < 1.29 is 0 Å². The van der Waals surface area contributed by atoms with Crippen molar-refractivity contribution in [1.82, 2.24) is 9.55 Å². The second kappa shape index (κ2) is 4.24. The topological polar surface area (TPSA) is 43.8 Å². The average molecular weight is 229 g/mol. The zero-order valence-corrected chi connectivity index (χ0v) is 10.6. The Morgan fingerprint density at radius 2 is 1.82 bits per heavy atom. The molecule has 0 fully saturated rings. The van der Waals surface area contributed by atoms with Crippen LogP contribution in [0.5, 0.6) is 0 Å². The van der Waals surface area contributed by atoms with Gasteiger partial charge in [-0.25, -0.2) is 4.98 Å². The lowest BCUT2D eigenvalue weighted by Gasteiger charge is -2.16. The summed E-state index contributed by atoms with van der Waals surface area (Å²) in [7, 11) is 0. The minimum Gasteiger partial charge on any atom is -0.384 e. The van der Waals surface area contributed by atoms with Crippen LogP contribution in [0.2, 0.25) is 0 Å². The van der Waals surface area contributed by atoms with Crippen molar-refractivity contribution in [3.63, 3.8) is 0 Å². The second-order valence-corrected chi connectivity index (χ2v) is 5.34. The Morgan fingerprint density at radius 3 is 2.35 bits per heavy atom. The van der Waals surface area contributed by atoms with Crippen molar-refractivity contribution in [2.75, 3.05) is 5.73 Å². The molecule has 0 amide bonds. The molecule has 1 aromatic carbocycles. The largest absolute Gasteiger partial charge is 0.384 e. The van der Waals surface area contributed by atoms with Gasteiger partial charge in [0.2, 0.25) is 0 Å². The fourth-order valence-corrected chi connectivity index (χ4v) is 1.88. The van der Waals surface area contributed by atoms with Crippen molar-refractivity contribution in [3.8, 4) is 0 Å². The Bertz CT molecular complexity index is 492. The molecule has 0 aliphatic rings. The van der Waals surface area contributed by atoms with Crippen LogP contribution in [0.4, 0.5) is 5.82 Å². The first kappa shape index (κ1) is 11.7. The van der Waals surface area contributed by atoms with Gasteiger partial charge in [-0.1, -0.05) is 51.1 Å². The van der Waals surface area contributed by atoms with Crippen molar-refractivity contribution in [3.05, 3.63) is 47.9 Å². The van der Waals surface area contributed by atoms with E-state index in [2.05, 4.69) is 37.9 Å². The monoisotopic (exact) mass is 229 g/mol. The van der Waals surface area contributed by atoms with Crippen LogP contribution in [-0.2, 0) is 12.0 Å². The van der Waals surface area contributed by atoms with Crippen molar-refractivity contribution >= 4 is 5.82 Å². The van der Waals surface area contributed by atoms with Gasteiger partial charge < -0.3 is 10.3 Å². The molecule has 0 bridgehead atoms. The summed E-state index contributed by atoms with van der Waals surface area (Å²) >= 11 is 0. The van der Waals surface area contributed by atoms with E-state index in [1.54, 1.807) is 0 Å². The number of rotatable bonds is 2. The second-order valence-electron chi connectivity index (χ2n) is 5.34. The van der Waals surface area contributed by atoms with E-state index in [-0.39, 0.29) is 5.41 Å². The van der Waals surface area contributed by atoms with Gasteiger partial charge in [-0.2, -0.15) is 0 Å². The number of aromatic nitrogens is 2. The first-order valence-corrected chi connectivity index (χ1v) is 5.83. The van der Waals surface area contributed by atoms with Gasteiger partial charge in [-0.15, -0.1) is 0 Å². The standard InChI is InChI=1S/C14H19N3/c1-14(2,3)12-13(15)17(10-16-12)9-11-7-5-4-6-8-11/h4-8,10H,9,15H2,1-3H3. The van der Waals surface area contributed by atoms with Crippen molar-refractivity contribution in [2.45, 2.75) is 32.7 Å². The molecule has 1 heterocycles. The van der Waals surface area contributed by atoms with E-state index in [9.17, 15) is 0 Å². The van der Waals surface area contributed by atoms with Gasteiger partial charge in [-0.05, 0) is 5.56 Å². The number of nitrogens with zero attached hydrogens (tertiary/aromatic N) is 2. The van der Waals surface area contributed by atoms with Crippen LogP contribution in [0, 0.1) is 0 Å². The fraction of sp³-hybridized carbons (Fsp3) is 0.357. The molecule has 0 unspecified atom stereocenters. The van der Waals surface area contributed by atoms with Gasteiger partial charge in [0, 0.05) is 5.41 Å². The summed E-state index contributed by atoms with van der Waals surface area (Å²) in [4.78, 5) is 4.42. The highest BCUT2D eigenvalue weighted by molar-refractivity contribution is 5.41. The Hall–Kier alpha value is -1.77. The zero-order valence-electron chi connectivity index (χ0n) is 10.6. The summed E-state index contributed by atoms with van der Waals surface area (Å²) in [6.45, 7) is 7.14. The highest BCUT2D eigenvalue weighted by Gasteiger charge is 2.21. The van der Waals surface area contributed by atoms with Crippen LogP contribution >= 0.6 is 0 Å². The molecule has 0 saturated heterocycles. The number of nitrogen functional groups attached to an aromatic ring is 1. The summed E-state index contributed by atoms with van der Waals surface area (Å²) in [5, 5.41) is 0. The van der Waals surface area contributed by atoms with Gasteiger partial charge >= 0.3 is 0 Å². The van der Waals surface area contributed by atoms with E-state index < -0.39 is 0 Å². The number of benzene rings is 1. The molecular formula is C14H19N3. The molecule has 1 aromatic heterocycles. The molecule has 0 atom stereocenters. The van der Waals surface area contributed by atoms with E-state index in [1.807, 2.05) is 29.1 Å². The number of anilines is 1. The van der Waals surface area contributed by atoms with E-state index in [1.165, 1.54) is 5.56 Å². The molecule has 0 aliphatic carbocycles. The number of hydrogen-bond donors (Lipinski definition) is 1. The minimum atomic E-state index is -0.00792. The van der Waals surface area contributed by atoms with Gasteiger partial charge in [0.25, 0.3) is 0 Å². The number of hydrogen-bond acceptors (Lipinski definition) is 2. The van der Waals surface area contributed by atoms with Crippen LogP contribution in [-0.4, -0.2) is 9.55 Å². The SMILES string of the molecule is CC(C)(C)c1ncn(Cc2ccccc2)c1N. The molecule has 0 spiro atoms. The molecule has 0 saturated carbocycles. The third-order valence-corrected chi connectivity index (χ3v) is 2.78. The van der Waals surface area contributed by atoms with Crippen molar-refractivity contribution in [2.24, 2.45) is 0 Å². The molecule has 2 aromatic rings. The van der Waals surface area contributed by atoms with E-state index in [0.717, 1.165) is 18.1 Å². The molecule has 2 N–H and O–H groups in total. The normalized spacial score (nSPS) is 11.7. The number of nitrogens with two attached hydrogens (primary N) is 1. The van der Waals surface area contributed by atoms with Gasteiger partial charge in [0.15, 0.2) is 0 Å². The Balaban J connectivity index is 2.27. The third-order valence-electron chi connectivity index (χ3n) is 2.78. The predicted octanol–water partition coefficient (Wildman–Crippen LogP) is 2.81. The Labute approximate surface area is 102 Å². The van der Waals surface area contributed by atoms with Crippen LogP contribution in [0.25, 0.3) is 0 Å². The molecule has 17 heavy (non-hydrogen) atoms. The average Bonchev–Trinajstić information content (AvgIpc) is 2.61. The fourth-order valence-electron chi connectivity index (χ4n) is 1.88. The maximum absolute atomic E-state index is 6.14. The molecular weight excluding hydrogens is 210 g/mol. The zero-order chi connectivity index (χ0) is 12.5. The first-order chi connectivity index (χ1) is 7.98. The molecule has 0 aliphatic heterocycles. The van der Waals surface area contributed by atoms with Crippen LogP contribution in [0.15, 0.2) is 36.7 Å². The Kier molecular flexibility index (Phi) is 2.92.